The maximum absolute atomic E-state index is 12.7. The van der Waals surface area contributed by atoms with Crippen LogP contribution in [0.4, 0.5) is 19.0 Å². The van der Waals surface area contributed by atoms with Crippen molar-refractivity contribution in [3.05, 3.63) is 54.0 Å². The quantitative estimate of drug-likeness (QED) is 0.939. The Bertz CT molecular complexity index is 645. The van der Waals surface area contributed by atoms with E-state index in [2.05, 4.69) is 32.3 Å². The van der Waals surface area contributed by atoms with Crippen molar-refractivity contribution < 1.29 is 13.2 Å². The number of benzene rings is 1. The fourth-order valence-corrected chi connectivity index (χ4v) is 2.74. The number of hydrogen-bond acceptors (Lipinski definition) is 4. The van der Waals surface area contributed by atoms with E-state index in [0.29, 0.717) is 0 Å². The van der Waals surface area contributed by atoms with Crippen molar-refractivity contribution in [3.63, 3.8) is 0 Å². The monoisotopic (exact) mass is 322 g/mol. The van der Waals surface area contributed by atoms with Crippen molar-refractivity contribution in [2.75, 3.05) is 18.4 Å². The van der Waals surface area contributed by atoms with Gasteiger partial charge in [-0.25, -0.2) is 9.97 Å². The van der Waals surface area contributed by atoms with Crippen LogP contribution in [0.25, 0.3) is 0 Å². The van der Waals surface area contributed by atoms with Gasteiger partial charge in [0.05, 0.1) is 0 Å². The van der Waals surface area contributed by atoms with Crippen LogP contribution in [-0.2, 0) is 12.7 Å². The van der Waals surface area contributed by atoms with E-state index in [1.54, 1.807) is 0 Å². The largest absolute Gasteiger partial charge is 0.433 e. The van der Waals surface area contributed by atoms with E-state index in [9.17, 15) is 13.2 Å². The summed E-state index contributed by atoms with van der Waals surface area (Å²) >= 11 is 0. The summed E-state index contributed by atoms with van der Waals surface area (Å²) in [7, 11) is 0. The third kappa shape index (κ3) is 4.19. The number of alkyl halides is 3. The fourth-order valence-electron chi connectivity index (χ4n) is 2.74. The lowest BCUT2D eigenvalue weighted by molar-refractivity contribution is -0.141. The molecule has 3 rings (SSSR count). The highest BCUT2D eigenvalue weighted by Crippen LogP contribution is 2.28. The van der Waals surface area contributed by atoms with Crippen LogP contribution in [0.3, 0.4) is 0 Å². The van der Waals surface area contributed by atoms with Crippen LogP contribution < -0.4 is 5.32 Å². The summed E-state index contributed by atoms with van der Waals surface area (Å²) < 4.78 is 38.0. The molecule has 4 nitrogen and oxygen atoms in total. The third-order valence-electron chi connectivity index (χ3n) is 3.83. The number of rotatable bonds is 4. The Morgan fingerprint density at radius 3 is 2.70 bits per heavy atom. The first kappa shape index (κ1) is 15.7. The molecular weight excluding hydrogens is 305 g/mol. The topological polar surface area (TPSA) is 41.0 Å². The number of anilines is 1. The zero-order valence-electron chi connectivity index (χ0n) is 12.4. The molecule has 0 aliphatic carbocycles. The Kier molecular flexibility index (Phi) is 4.47. The number of likely N-dealkylation sites (tertiary alicyclic amines) is 1. The van der Waals surface area contributed by atoms with E-state index in [1.807, 2.05) is 18.2 Å². The third-order valence-corrected chi connectivity index (χ3v) is 3.83. The van der Waals surface area contributed by atoms with Gasteiger partial charge in [0.15, 0.2) is 0 Å². The maximum Gasteiger partial charge on any atom is 0.433 e. The van der Waals surface area contributed by atoms with Gasteiger partial charge in [0.25, 0.3) is 0 Å². The second-order valence-electron chi connectivity index (χ2n) is 5.64. The summed E-state index contributed by atoms with van der Waals surface area (Å²) in [5.41, 5.74) is 0.309. The average Bonchev–Trinajstić information content (AvgIpc) is 2.95. The molecule has 1 N–H and O–H groups in total. The molecule has 0 amide bonds. The van der Waals surface area contributed by atoms with Crippen LogP contribution in [0.5, 0.6) is 0 Å². The van der Waals surface area contributed by atoms with Crippen LogP contribution >= 0.6 is 0 Å². The zero-order chi connectivity index (χ0) is 16.3. The number of aromatic nitrogens is 2. The van der Waals surface area contributed by atoms with Gasteiger partial charge in [0, 0.05) is 31.7 Å². The Morgan fingerprint density at radius 1 is 1.17 bits per heavy atom. The molecule has 1 saturated heterocycles. The molecule has 1 aromatic heterocycles. The first-order valence-corrected chi connectivity index (χ1v) is 7.43. The highest BCUT2D eigenvalue weighted by atomic mass is 19.4. The van der Waals surface area contributed by atoms with Gasteiger partial charge in [0.1, 0.15) is 17.8 Å². The van der Waals surface area contributed by atoms with Crippen molar-refractivity contribution in [1.82, 2.24) is 14.9 Å². The molecule has 1 aromatic carbocycles. The minimum atomic E-state index is -4.45. The van der Waals surface area contributed by atoms with Gasteiger partial charge >= 0.3 is 6.18 Å². The van der Waals surface area contributed by atoms with Crippen molar-refractivity contribution in [2.24, 2.45) is 0 Å². The predicted molar refractivity (Wildman–Crippen MR) is 80.8 cm³/mol. The Hall–Kier alpha value is -2.15. The molecule has 122 valence electrons. The van der Waals surface area contributed by atoms with Crippen LogP contribution in [0.15, 0.2) is 42.7 Å². The predicted octanol–water partition coefficient (Wildman–Crippen LogP) is 3.18. The van der Waals surface area contributed by atoms with Gasteiger partial charge in [-0.05, 0) is 12.0 Å². The molecule has 7 heteroatoms. The Morgan fingerprint density at radius 2 is 1.96 bits per heavy atom. The molecule has 2 heterocycles. The maximum atomic E-state index is 12.7. The Balaban J connectivity index is 1.58. The molecule has 23 heavy (non-hydrogen) atoms. The summed E-state index contributed by atoms with van der Waals surface area (Å²) in [5, 5.41) is 3.08. The van der Waals surface area contributed by atoms with E-state index in [4.69, 9.17) is 0 Å². The lowest BCUT2D eigenvalue weighted by atomic mass is 10.2. The molecular formula is C16H17F3N4. The summed E-state index contributed by atoms with van der Waals surface area (Å²) in [5.74, 6) is 0.221. The van der Waals surface area contributed by atoms with Crippen LogP contribution in [0, 0.1) is 0 Å². The SMILES string of the molecule is FC(F)(F)c1cc(NC2CCN(Cc3ccccc3)C2)ncn1. The molecule has 0 radical (unpaired) electrons. The lowest BCUT2D eigenvalue weighted by Gasteiger charge is -2.17. The number of nitrogens with zero attached hydrogens (tertiary/aromatic N) is 3. The molecule has 1 aliphatic heterocycles. The van der Waals surface area contributed by atoms with Crippen molar-refractivity contribution in [2.45, 2.75) is 25.2 Å². The Labute approximate surface area is 132 Å². The van der Waals surface area contributed by atoms with Gasteiger partial charge in [-0.1, -0.05) is 30.3 Å². The van der Waals surface area contributed by atoms with Gasteiger partial charge in [0.2, 0.25) is 0 Å². The van der Waals surface area contributed by atoms with Gasteiger partial charge in [-0.15, -0.1) is 0 Å². The first-order valence-electron chi connectivity index (χ1n) is 7.43. The normalized spacial score (nSPS) is 19.0. The van der Waals surface area contributed by atoms with Crippen LogP contribution in [0.1, 0.15) is 17.7 Å². The molecule has 1 unspecified atom stereocenters. The van der Waals surface area contributed by atoms with Gasteiger partial charge in [-0.2, -0.15) is 13.2 Å². The summed E-state index contributed by atoms with van der Waals surface area (Å²) in [4.78, 5) is 9.43. The summed E-state index contributed by atoms with van der Waals surface area (Å²) in [6.07, 6.45) is -2.63. The van der Waals surface area contributed by atoms with E-state index in [-0.39, 0.29) is 11.9 Å². The van der Waals surface area contributed by atoms with Gasteiger partial charge in [-0.3, -0.25) is 4.90 Å². The van der Waals surface area contributed by atoms with Crippen LogP contribution in [-0.4, -0.2) is 34.0 Å². The highest BCUT2D eigenvalue weighted by Gasteiger charge is 2.33. The molecule has 1 atom stereocenters. The van der Waals surface area contributed by atoms with Crippen LogP contribution in [0.2, 0.25) is 0 Å². The highest BCUT2D eigenvalue weighted by molar-refractivity contribution is 5.37. The second kappa shape index (κ2) is 6.54. The van der Waals surface area contributed by atoms with Crippen molar-refractivity contribution >= 4 is 5.82 Å². The summed E-state index contributed by atoms with van der Waals surface area (Å²) in [6, 6.07) is 11.2. The average molecular weight is 322 g/mol. The summed E-state index contributed by atoms with van der Waals surface area (Å²) in [6.45, 7) is 2.53. The van der Waals surface area contributed by atoms with Gasteiger partial charge < -0.3 is 5.32 Å². The van der Waals surface area contributed by atoms with E-state index in [1.165, 1.54) is 5.56 Å². The minimum Gasteiger partial charge on any atom is -0.366 e. The first-order chi connectivity index (χ1) is 11.0. The number of halogens is 3. The molecule has 0 saturated carbocycles. The number of nitrogens with one attached hydrogen (secondary N) is 1. The standard InChI is InChI=1S/C16H17F3N4/c17-16(18,19)14-8-15(21-11-20-14)22-13-6-7-23(10-13)9-12-4-2-1-3-5-12/h1-5,8,11,13H,6-7,9-10H2,(H,20,21,22). The molecule has 1 aliphatic rings. The van der Waals surface area contributed by atoms with E-state index in [0.717, 1.165) is 38.4 Å². The smallest absolute Gasteiger partial charge is 0.366 e. The minimum absolute atomic E-state index is 0.0923. The molecule has 2 aromatic rings. The molecule has 1 fully saturated rings. The fraction of sp³-hybridized carbons (Fsp3) is 0.375. The molecule has 0 spiro atoms. The van der Waals surface area contributed by atoms with Crippen molar-refractivity contribution in [3.8, 4) is 0 Å². The zero-order valence-corrected chi connectivity index (χ0v) is 12.4. The van der Waals surface area contributed by atoms with E-state index < -0.39 is 11.9 Å². The molecule has 0 bridgehead atoms. The van der Waals surface area contributed by atoms with E-state index >= 15 is 0 Å². The number of hydrogen-bond donors (Lipinski definition) is 1. The van der Waals surface area contributed by atoms with Crippen molar-refractivity contribution in [1.29, 1.82) is 0 Å². The second-order valence-corrected chi connectivity index (χ2v) is 5.64. The lowest BCUT2D eigenvalue weighted by Crippen LogP contribution is -2.26.